The summed E-state index contributed by atoms with van der Waals surface area (Å²) in [4.78, 5) is 39.3. The maximum Gasteiger partial charge on any atom is 0.274 e. The van der Waals surface area contributed by atoms with Crippen LogP contribution in [-0.2, 0) is 11.2 Å². The fourth-order valence-corrected chi connectivity index (χ4v) is 3.67. The van der Waals surface area contributed by atoms with Gasteiger partial charge in [0.2, 0.25) is 5.91 Å². The Morgan fingerprint density at radius 2 is 1.80 bits per heavy atom. The van der Waals surface area contributed by atoms with Crippen LogP contribution in [0.4, 0.5) is 0 Å². The highest BCUT2D eigenvalue weighted by Crippen LogP contribution is 2.22. The predicted octanol–water partition coefficient (Wildman–Crippen LogP) is 0.665. The normalized spacial score (nSPS) is 21.6. The van der Waals surface area contributed by atoms with Crippen molar-refractivity contribution in [3.8, 4) is 0 Å². The number of hydrogen-bond acceptors (Lipinski definition) is 5. The Balaban J connectivity index is 1.67. The van der Waals surface area contributed by atoms with Crippen LogP contribution < -0.4 is 0 Å². The summed E-state index contributed by atoms with van der Waals surface area (Å²) in [5.41, 5.74) is 1.24. The maximum atomic E-state index is 12.9. The van der Waals surface area contributed by atoms with Crippen LogP contribution in [0.5, 0.6) is 0 Å². The molecule has 1 aromatic rings. The third-order valence-corrected chi connectivity index (χ3v) is 5.30. The van der Waals surface area contributed by atoms with Gasteiger partial charge in [-0.2, -0.15) is 0 Å². The molecule has 2 saturated heterocycles. The standard InChI is InChI=1S/C18H27N5O2/c1-3-21-8-10-22(11-9-21)18(25)17-16(19-5-6-20-17)12-15-4-7-23(13-15)14(2)24/h5-6,15H,3-4,7-13H2,1-2H3. The van der Waals surface area contributed by atoms with Gasteiger partial charge < -0.3 is 14.7 Å². The van der Waals surface area contributed by atoms with Crippen molar-refractivity contribution in [1.29, 1.82) is 0 Å². The van der Waals surface area contributed by atoms with E-state index in [1.54, 1.807) is 19.3 Å². The van der Waals surface area contributed by atoms with Crippen LogP contribution in [0, 0.1) is 5.92 Å². The number of nitrogens with zero attached hydrogens (tertiary/aromatic N) is 5. The van der Waals surface area contributed by atoms with Crippen molar-refractivity contribution >= 4 is 11.8 Å². The summed E-state index contributed by atoms with van der Waals surface area (Å²) in [5.74, 6) is 0.455. The first kappa shape index (κ1) is 17.8. The average molecular weight is 345 g/mol. The number of likely N-dealkylation sites (tertiary alicyclic amines) is 1. The molecule has 1 unspecified atom stereocenters. The zero-order valence-corrected chi connectivity index (χ0v) is 15.1. The second-order valence-corrected chi connectivity index (χ2v) is 6.90. The topological polar surface area (TPSA) is 69.6 Å². The van der Waals surface area contributed by atoms with E-state index >= 15 is 0 Å². The van der Waals surface area contributed by atoms with Crippen molar-refractivity contribution in [1.82, 2.24) is 24.7 Å². The number of likely N-dealkylation sites (N-methyl/N-ethyl adjacent to an activating group) is 1. The molecule has 0 N–H and O–H groups in total. The fraction of sp³-hybridized carbons (Fsp3) is 0.667. The van der Waals surface area contributed by atoms with Crippen LogP contribution >= 0.6 is 0 Å². The largest absolute Gasteiger partial charge is 0.343 e. The molecule has 0 aromatic carbocycles. The minimum absolute atomic E-state index is 0.0136. The van der Waals surface area contributed by atoms with Gasteiger partial charge in [0.15, 0.2) is 0 Å². The number of hydrogen-bond donors (Lipinski definition) is 0. The first-order valence-corrected chi connectivity index (χ1v) is 9.15. The summed E-state index contributed by atoms with van der Waals surface area (Å²) in [6, 6.07) is 0. The molecule has 3 rings (SSSR count). The summed E-state index contributed by atoms with van der Waals surface area (Å²) in [7, 11) is 0. The van der Waals surface area contributed by atoms with E-state index in [9.17, 15) is 9.59 Å². The van der Waals surface area contributed by atoms with Crippen LogP contribution in [0.1, 0.15) is 36.5 Å². The Bertz CT molecular complexity index is 628. The second kappa shape index (κ2) is 7.91. The number of piperazine rings is 1. The number of aromatic nitrogens is 2. The van der Waals surface area contributed by atoms with Crippen LogP contribution in [0.3, 0.4) is 0 Å². The van der Waals surface area contributed by atoms with Crippen LogP contribution in [0.15, 0.2) is 12.4 Å². The molecule has 1 atom stereocenters. The molecular formula is C18H27N5O2. The lowest BCUT2D eigenvalue weighted by Gasteiger charge is -2.34. The highest BCUT2D eigenvalue weighted by Gasteiger charge is 2.29. The smallest absolute Gasteiger partial charge is 0.274 e. The summed E-state index contributed by atoms with van der Waals surface area (Å²) >= 11 is 0. The molecule has 136 valence electrons. The average Bonchev–Trinajstić information content (AvgIpc) is 3.10. The fourth-order valence-electron chi connectivity index (χ4n) is 3.67. The molecule has 0 radical (unpaired) electrons. The maximum absolute atomic E-state index is 12.9. The molecule has 1 aromatic heterocycles. The van der Waals surface area contributed by atoms with E-state index in [0.717, 1.165) is 57.9 Å². The quantitative estimate of drug-likeness (QED) is 0.802. The number of amides is 2. The molecule has 7 nitrogen and oxygen atoms in total. The highest BCUT2D eigenvalue weighted by atomic mass is 16.2. The van der Waals surface area contributed by atoms with E-state index in [-0.39, 0.29) is 11.8 Å². The minimum Gasteiger partial charge on any atom is -0.343 e. The lowest BCUT2D eigenvalue weighted by Crippen LogP contribution is -2.48. The Hall–Kier alpha value is -2.02. The first-order chi connectivity index (χ1) is 12.1. The minimum atomic E-state index is -0.0136. The molecular weight excluding hydrogens is 318 g/mol. The van der Waals surface area contributed by atoms with Gasteiger partial charge >= 0.3 is 0 Å². The molecule has 2 aliphatic rings. The molecule has 2 fully saturated rings. The summed E-state index contributed by atoms with van der Waals surface area (Å²) in [6.45, 7) is 9.61. The van der Waals surface area contributed by atoms with E-state index in [1.807, 2.05) is 9.80 Å². The molecule has 0 aliphatic carbocycles. The Morgan fingerprint density at radius 3 is 2.44 bits per heavy atom. The van der Waals surface area contributed by atoms with Crippen molar-refractivity contribution in [2.75, 3.05) is 45.8 Å². The molecule has 2 amide bonds. The Kier molecular flexibility index (Phi) is 5.63. The summed E-state index contributed by atoms with van der Waals surface area (Å²) in [5, 5.41) is 0. The van der Waals surface area contributed by atoms with Crippen LogP contribution in [0.25, 0.3) is 0 Å². The van der Waals surface area contributed by atoms with Gasteiger partial charge in [-0.1, -0.05) is 6.92 Å². The van der Waals surface area contributed by atoms with Gasteiger partial charge in [-0.15, -0.1) is 0 Å². The van der Waals surface area contributed by atoms with Crippen molar-refractivity contribution in [2.24, 2.45) is 5.92 Å². The molecule has 7 heteroatoms. The molecule has 0 bridgehead atoms. The van der Waals surface area contributed by atoms with Crippen LogP contribution in [0.2, 0.25) is 0 Å². The Labute approximate surface area is 149 Å². The predicted molar refractivity (Wildman–Crippen MR) is 94.1 cm³/mol. The van der Waals surface area contributed by atoms with Crippen molar-refractivity contribution in [2.45, 2.75) is 26.7 Å². The van der Waals surface area contributed by atoms with Crippen molar-refractivity contribution in [3.05, 3.63) is 23.8 Å². The van der Waals surface area contributed by atoms with Crippen molar-refractivity contribution < 1.29 is 9.59 Å². The molecule has 0 saturated carbocycles. The molecule has 0 spiro atoms. The van der Waals surface area contributed by atoms with E-state index in [4.69, 9.17) is 0 Å². The molecule has 3 heterocycles. The van der Waals surface area contributed by atoms with Gasteiger partial charge in [0.25, 0.3) is 5.91 Å². The zero-order chi connectivity index (χ0) is 17.8. The summed E-state index contributed by atoms with van der Waals surface area (Å²) in [6.07, 6.45) is 4.90. The van der Waals surface area contributed by atoms with E-state index in [1.165, 1.54) is 0 Å². The summed E-state index contributed by atoms with van der Waals surface area (Å²) < 4.78 is 0. The SMILES string of the molecule is CCN1CCN(C(=O)c2nccnc2CC2CCN(C(C)=O)C2)CC1. The third kappa shape index (κ3) is 4.15. The van der Waals surface area contributed by atoms with E-state index in [0.29, 0.717) is 18.0 Å². The third-order valence-electron chi connectivity index (χ3n) is 5.30. The van der Waals surface area contributed by atoms with Crippen LogP contribution in [-0.4, -0.2) is 82.3 Å². The van der Waals surface area contributed by atoms with Crippen molar-refractivity contribution in [3.63, 3.8) is 0 Å². The van der Waals surface area contributed by atoms with Gasteiger partial charge in [0, 0.05) is 58.6 Å². The van der Waals surface area contributed by atoms with Gasteiger partial charge in [-0.3, -0.25) is 14.6 Å². The number of carbonyl (C=O) groups is 2. The monoisotopic (exact) mass is 345 g/mol. The first-order valence-electron chi connectivity index (χ1n) is 9.15. The number of carbonyl (C=O) groups excluding carboxylic acids is 2. The van der Waals surface area contributed by atoms with E-state index in [2.05, 4.69) is 21.8 Å². The molecule has 25 heavy (non-hydrogen) atoms. The Morgan fingerprint density at radius 1 is 1.08 bits per heavy atom. The zero-order valence-electron chi connectivity index (χ0n) is 15.1. The highest BCUT2D eigenvalue weighted by molar-refractivity contribution is 5.93. The van der Waals surface area contributed by atoms with Gasteiger partial charge in [-0.05, 0) is 25.3 Å². The number of rotatable bonds is 4. The lowest BCUT2D eigenvalue weighted by molar-refractivity contribution is -0.127. The van der Waals surface area contributed by atoms with Gasteiger partial charge in [0.1, 0.15) is 5.69 Å². The van der Waals surface area contributed by atoms with Gasteiger partial charge in [-0.25, -0.2) is 4.98 Å². The lowest BCUT2D eigenvalue weighted by atomic mass is 10.0. The second-order valence-electron chi connectivity index (χ2n) is 6.90. The van der Waals surface area contributed by atoms with Gasteiger partial charge in [0.05, 0.1) is 5.69 Å². The molecule has 2 aliphatic heterocycles. The van der Waals surface area contributed by atoms with E-state index < -0.39 is 0 Å².